The van der Waals surface area contributed by atoms with Gasteiger partial charge in [-0.15, -0.1) is 0 Å². The molecule has 0 unspecified atom stereocenters. The van der Waals surface area contributed by atoms with Crippen LogP contribution in [0.5, 0.6) is 0 Å². The fourth-order valence-electron chi connectivity index (χ4n) is 2.84. The fraction of sp³-hybridized carbons (Fsp3) is 0.350. The Morgan fingerprint density at radius 2 is 2.00 bits per heavy atom. The Morgan fingerprint density at radius 1 is 1.24 bits per heavy atom. The molecule has 0 aliphatic heterocycles. The highest BCUT2D eigenvalue weighted by molar-refractivity contribution is 6.31. The lowest BCUT2D eigenvalue weighted by molar-refractivity contribution is 0.234. The van der Waals surface area contributed by atoms with Crippen molar-refractivity contribution in [3.05, 3.63) is 51.5 Å². The van der Waals surface area contributed by atoms with Gasteiger partial charge in [0.15, 0.2) is 0 Å². The van der Waals surface area contributed by atoms with Crippen molar-refractivity contribution >= 4 is 39.8 Å². The van der Waals surface area contributed by atoms with E-state index in [1.807, 2.05) is 6.92 Å². The Bertz CT molecular complexity index is 1100. The summed E-state index contributed by atoms with van der Waals surface area (Å²) < 4.78 is 1.43. The molecule has 0 saturated heterocycles. The van der Waals surface area contributed by atoms with E-state index in [-0.39, 0.29) is 25.3 Å². The van der Waals surface area contributed by atoms with Crippen molar-refractivity contribution in [2.24, 2.45) is 0 Å². The maximum Gasteiger partial charge on any atom is 0.262 e. The minimum atomic E-state index is -0.697. The molecule has 0 spiro atoms. The Labute approximate surface area is 173 Å². The van der Waals surface area contributed by atoms with Crippen molar-refractivity contribution in [1.82, 2.24) is 14.5 Å². The summed E-state index contributed by atoms with van der Waals surface area (Å²) in [6.45, 7) is 5.38. The Morgan fingerprint density at radius 3 is 2.66 bits per heavy atom. The summed E-state index contributed by atoms with van der Waals surface area (Å²) in [5.41, 5.74) is -0.0958. The van der Waals surface area contributed by atoms with Gasteiger partial charge in [0.05, 0.1) is 29.2 Å². The number of aromatic nitrogens is 3. The number of aryl methyl sites for hydroxylation is 1. The van der Waals surface area contributed by atoms with Gasteiger partial charge < -0.3 is 25.4 Å². The number of halogens is 1. The van der Waals surface area contributed by atoms with Gasteiger partial charge in [0, 0.05) is 18.9 Å². The molecule has 154 valence electrons. The van der Waals surface area contributed by atoms with Crippen LogP contribution in [-0.2, 0) is 6.54 Å². The van der Waals surface area contributed by atoms with Crippen LogP contribution in [0.2, 0.25) is 5.02 Å². The number of nitrogens with zero attached hydrogens (tertiary/aromatic N) is 3. The van der Waals surface area contributed by atoms with Crippen LogP contribution in [0.3, 0.4) is 0 Å². The SMILES string of the molecule is Cc1cc(Nc2cc3ccn(CCO)c(=O)c3c(NC(C)(C)CO)n2)ncc1Cl. The summed E-state index contributed by atoms with van der Waals surface area (Å²) >= 11 is 6.04. The topological polar surface area (TPSA) is 112 Å². The standard InChI is InChI=1S/C20H24ClN5O3/c1-12-8-15(22-10-14(12)21)23-16-9-13-4-5-26(6-7-27)19(29)17(13)18(24-16)25-20(2,3)11-28/h4-5,8-10,27-28H,6-7,11H2,1-3H3,(H2,22,23,24,25). The highest BCUT2D eigenvalue weighted by Gasteiger charge is 2.20. The molecule has 0 radical (unpaired) electrons. The Kier molecular flexibility index (Phi) is 6.07. The molecule has 0 saturated carbocycles. The average molecular weight is 418 g/mol. The molecule has 29 heavy (non-hydrogen) atoms. The van der Waals surface area contributed by atoms with Crippen molar-refractivity contribution in [1.29, 1.82) is 0 Å². The molecule has 0 atom stereocenters. The molecule has 3 aromatic rings. The van der Waals surface area contributed by atoms with Gasteiger partial charge in [-0.1, -0.05) is 11.6 Å². The maximum atomic E-state index is 12.9. The van der Waals surface area contributed by atoms with E-state index in [1.165, 1.54) is 4.57 Å². The minimum absolute atomic E-state index is 0.148. The number of aliphatic hydroxyl groups excluding tert-OH is 2. The van der Waals surface area contributed by atoms with Crippen LogP contribution in [0, 0.1) is 6.92 Å². The van der Waals surface area contributed by atoms with Crippen molar-refractivity contribution < 1.29 is 10.2 Å². The van der Waals surface area contributed by atoms with Crippen LogP contribution >= 0.6 is 11.6 Å². The quantitative estimate of drug-likeness (QED) is 0.467. The summed E-state index contributed by atoms with van der Waals surface area (Å²) in [5.74, 6) is 1.40. The first-order valence-electron chi connectivity index (χ1n) is 9.17. The van der Waals surface area contributed by atoms with E-state index < -0.39 is 5.54 Å². The first-order valence-corrected chi connectivity index (χ1v) is 9.55. The van der Waals surface area contributed by atoms with Crippen LogP contribution in [0.25, 0.3) is 10.8 Å². The number of hydrogen-bond donors (Lipinski definition) is 4. The van der Waals surface area contributed by atoms with Gasteiger partial charge in [-0.3, -0.25) is 4.79 Å². The Balaban J connectivity index is 2.13. The summed E-state index contributed by atoms with van der Waals surface area (Å²) in [6.07, 6.45) is 3.19. The molecule has 0 fully saturated rings. The third-order valence-corrected chi connectivity index (χ3v) is 4.85. The highest BCUT2D eigenvalue weighted by atomic mass is 35.5. The largest absolute Gasteiger partial charge is 0.395 e. The van der Waals surface area contributed by atoms with Crippen LogP contribution in [0.4, 0.5) is 17.5 Å². The number of rotatable bonds is 7. The second-order valence-electron chi connectivity index (χ2n) is 7.47. The molecule has 9 heteroatoms. The molecule has 3 heterocycles. The smallest absolute Gasteiger partial charge is 0.262 e. The lowest BCUT2D eigenvalue weighted by atomic mass is 10.1. The van der Waals surface area contributed by atoms with E-state index in [0.717, 1.165) is 5.56 Å². The van der Waals surface area contributed by atoms with E-state index >= 15 is 0 Å². The van der Waals surface area contributed by atoms with Crippen molar-refractivity contribution in [3.63, 3.8) is 0 Å². The number of anilines is 3. The van der Waals surface area contributed by atoms with Gasteiger partial charge in [-0.05, 0) is 49.9 Å². The van der Waals surface area contributed by atoms with Crippen molar-refractivity contribution in [2.75, 3.05) is 23.8 Å². The monoisotopic (exact) mass is 417 g/mol. The second kappa shape index (κ2) is 8.36. The van der Waals surface area contributed by atoms with Gasteiger partial charge in [0.25, 0.3) is 5.56 Å². The molecule has 8 nitrogen and oxygen atoms in total. The van der Waals surface area contributed by atoms with Gasteiger partial charge in [0.2, 0.25) is 0 Å². The lowest BCUT2D eigenvalue weighted by Gasteiger charge is -2.25. The van der Waals surface area contributed by atoms with Gasteiger partial charge >= 0.3 is 0 Å². The molecular weight excluding hydrogens is 394 g/mol. The molecule has 0 aliphatic rings. The molecule has 3 aromatic heterocycles. The minimum Gasteiger partial charge on any atom is -0.395 e. The molecule has 0 amide bonds. The zero-order valence-electron chi connectivity index (χ0n) is 16.5. The number of hydrogen-bond acceptors (Lipinski definition) is 7. The summed E-state index contributed by atoms with van der Waals surface area (Å²) in [6, 6.07) is 5.35. The summed E-state index contributed by atoms with van der Waals surface area (Å²) in [4.78, 5) is 21.7. The molecule has 3 rings (SSSR count). The number of nitrogens with one attached hydrogen (secondary N) is 2. The van der Waals surface area contributed by atoms with Crippen molar-refractivity contribution in [2.45, 2.75) is 32.9 Å². The third-order valence-electron chi connectivity index (χ3n) is 4.45. The zero-order valence-corrected chi connectivity index (χ0v) is 17.3. The van der Waals surface area contributed by atoms with Crippen LogP contribution < -0.4 is 16.2 Å². The van der Waals surface area contributed by atoms with Crippen LogP contribution in [-0.4, -0.2) is 43.5 Å². The molecule has 0 aliphatic carbocycles. The summed E-state index contributed by atoms with van der Waals surface area (Å²) in [5, 5.41) is 26.8. The zero-order chi connectivity index (χ0) is 21.2. The van der Waals surface area contributed by atoms with E-state index in [1.54, 1.807) is 44.4 Å². The van der Waals surface area contributed by atoms with E-state index in [2.05, 4.69) is 20.6 Å². The first-order chi connectivity index (χ1) is 13.7. The molecule has 0 aromatic carbocycles. The molecule has 4 N–H and O–H groups in total. The Hall–Kier alpha value is -2.68. The van der Waals surface area contributed by atoms with Gasteiger partial charge in [-0.2, -0.15) is 0 Å². The normalized spacial score (nSPS) is 11.7. The lowest BCUT2D eigenvalue weighted by Crippen LogP contribution is -2.36. The van der Waals surface area contributed by atoms with Gasteiger partial charge in [0.1, 0.15) is 17.5 Å². The highest BCUT2D eigenvalue weighted by Crippen LogP contribution is 2.27. The molecular formula is C20H24ClN5O3. The van der Waals surface area contributed by atoms with E-state index in [9.17, 15) is 15.0 Å². The number of aliphatic hydroxyl groups is 2. The van der Waals surface area contributed by atoms with Crippen LogP contribution in [0.15, 0.2) is 35.4 Å². The number of pyridine rings is 3. The average Bonchev–Trinajstić information content (AvgIpc) is 2.66. The third kappa shape index (κ3) is 4.67. The predicted octanol–water partition coefficient (Wildman–Crippen LogP) is 2.67. The van der Waals surface area contributed by atoms with Gasteiger partial charge in [-0.25, -0.2) is 9.97 Å². The second-order valence-corrected chi connectivity index (χ2v) is 7.88. The maximum absolute atomic E-state index is 12.9. The molecule has 0 bridgehead atoms. The first kappa shape index (κ1) is 21.0. The van der Waals surface area contributed by atoms with Crippen LogP contribution in [0.1, 0.15) is 19.4 Å². The van der Waals surface area contributed by atoms with E-state index in [4.69, 9.17) is 11.6 Å². The number of fused-ring (bicyclic) bond motifs is 1. The summed E-state index contributed by atoms with van der Waals surface area (Å²) in [7, 11) is 0. The van der Waals surface area contributed by atoms with E-state index in [0.29, 0.717) is 33.2 Å². The predicted molar refractivity (Wildman–Crippen MR) is 115 cm³/mol. The fourth-order valence-corrected chi connectivity index (χ4v) is 2.94. The van der Waals surface area contributed by atoms with Crippen molar-refractivity contribution in [3.8, 4) is 0 Å².